The molecule has 1 aromatic carbocycles. The predicted molar refractivity (Wildman–Crippen MR) is 81.1 cm³/mol. The van der Waals surface area contributed by atoms with Crippen molar-refractivity contribution in [2.24, 2.45) is 0 Å². The van der Waals surface area contributed by atoms with Gasteiger partial charge in [-0.15, -0.1) is 0 Å². The second-order valence-corrected chi connectivity index (χ2v) is 6.14. The quantitative estimate of drug-likeness (QED) is 0.899. The van der Waals surface area contributed by atoms with E-state index in [1.807, 2.05) is 44.8 Å². The van der Waals surface area contributed by atoms with Crippen LogP contribution >= 0.6 is 11.8 Å². The first-order valence-corrected chi connectivity index (χ1v) is 7.99. The van der Waals surface area contributed by atoms with E-state index >= 15 is 0 Å². The normalized spacial score (nSPS) is 21.4. The summed E-state index contributed by atoms with van der Waals surface area (Å²) in [5.41, 5.74) is 1.26. The molecular weight excluding hydrogens is 258 g/mol. The third-order valence-electron chi connectivity index (χ3n) is 3.14. The van der Waals surface area contributed by atoms with Crippen molar-refractivity contribution in [2.75, 3.05) is 25.2 Å². The average molecular weight is 281 g/mol. The molecule has 1 heterocycles. The van der Waals surface area contributed by atoms with Gasteiger partial charge in [-0.2, -0.15) is 11.8 Å². The number of nitrogens with one attached hydrogen (secondary N) is 1. The number of hydrogen-bond acceptors (Lipinski definition) is 4. The van der Waals surface area contributed by atoms with E-state index in [1.54, 1.807) is 0 Å². The molecule has 1 fully saturated rings. The van der Waals surface area contributed by atoms with Gasteiger partial charge in [-0.05, 0) is 38.6 Å². The summed E-state index contributed by atoms with van der Waals surface area (Å²) in [6, 6.07) is 8.58. The summed E-state index contributed by atoms with van der Waals surface area (Å²) >= 11 is 1.96. The second-order valence-electron chi connectivity index (χ2n) is 4.99. The molecule has 1 N–H and O–H groups in total. The van der Waals surface area contributed by atoms with Gasteiger partial charge in [0.2, 0.25) is 0 Å². The molecule has 2 rings (SSSR count). The Morgan fingerprint density at radius 1 is 1.32 bits per heavy atom. The molecule has 3 nitrogen and oxygen atoms in total. The molecule has 1 aliphatic heterocycles. The van der Waals surface area contributed by atoms with E-state index in [0.29, 0.717) is 0 Å². The standard InChI is InChI=1S/C15H23NO2S/c1-11(2)18-13-6-4-12(5-7-13)15(16-3)14-10-19-9-8-17-14/h4-7,11,14-16H,8-10H2,1-3H3. The predicted octanol–water partition coefficient (Wildman–Crippen LogP) is 2.87. The minimum absolute atomic E-state index is 0.212. The van der Waals surface area contributed by atoms with Crippen LogP contribution in [0.25, 0.3) is 0 Å². The van der Waals surface area contributed by atoms with Gasteiger partial charge in [0.25, 0.3) is 0 Å². The number of benzene rings is 1. The van der Waals surface area contributed by atoms with E-state index < -0.39 is 0 Å². The van der Waals surface area contributed by atoms with Gasteiger partial charge in [-0.3, -0.25) is 0 Å². The van der Waals surface area contributed by atoms with Crippen molar-refractivity contribution in [3.63, 3.8) is 0 Å². The molecule has 0 bridgehead atoms. The summed E-state index contributed by atoms with van der Waals surface area (Å²) in [5, 5.41) is 3.37. The number of hydrogen-bond donors (Lipinski definition) is 1. The van der Waals surface area contributed by atoms with Crippen LogP contribution < -0.4 is 10.1 Å². The van der Waals surface area contributed by atoms with Crippen molar-refractivity contribution < 1.29 is 9.47 Å². The largest absolute Gasteiger partial charge is 0.491 e. The lowest BCUT2D eigenvalue weighted by Crippen LogP contribution is -2.36. The molecule has 0 amide bonds. The van der Waals surface area contributed by atoms with Gasteiger partial charge in [0, 0.05) is 11.5 Å². The molecule has 4 heteroatoms. The zero-order valence-electron chi connectivity index (χ0n) is 11.9. The fourth-order valence-corrected chi connectivity index (χ4v) is 3.19. The Labute approximate surface area is 120 Å². The van der Waals surface area contributed by atoms with Gasteiger partial charge in [-0.1, -0.05) is 12.1 Å². The SMILES string of the molecule is CNC(c1ccc(OC(C)C)cc1)C1CSCCO1. The molecule has 0 radical (unpaired) electrons. The van der Waals surface area contributed by atoms with Crippen LogP contribution in [-0.2, 0) is 4.74 Å². The maximum Gasteiger partial charge on any atom is 0.119 e. The molecule has 2 atom stereocenters. The van der Waals surface area contributed by atoms with Crippen LogP contribution in [0.2, 0.25) is 0 Å². The third-order valence-corrected chi connectivity index (χ3v) is 4.16. The fourth-order valence-electron chi connectivity index (χ4n) is 2.29. The molecule has 1 aliphatic rings. The van der Waals surface area contributed by atoms with Crippen LogP contribution in [-0.4, -0.2) is 37.4 Å². The lowest BCUT2D eigenvalue weighted by atomic mass is 10.0. The van der Waals surface area contributed by atoms with Crippen molar-refractivity contribution in [2.45, 2.75) is 32.1 Å². The first-order chi connectivity index (χ1) is 9.20. The molecule has 1 aromatic rings. The van der Waals surface area contributed by atoms with Gasteiger partial charge in [0.05, 0.1) is 24.9 Å². The highest BCUT2D eigenvalue weighted by atomic mass is 32.2. The summed E-state index contributed by atoms with van der Waals surface area (Å²) in [4.78, 5) is 0. The molecule has 2 unspecified atom stereocenters. The van der Waals surface area contributed by atoms with Crippen molar-refractivity contribution >= 4 is 11.8 Å². The molecule has 0 spiro atoms. The number of rotatable bonds is 5. The van der Waals surface area contributed by atoms with Gasteiger partial charge in [0.1, 0.15) is 5.75 Å². The van der Waals surface area contributed by atoms with E-state index in [2.05, 4.69) is 17.4 Å². The molecule has 19 heavy (non-hydrogen) atoms. The highest BCUT2D eigenvalue weighted by Crippen LogP contribution is 2.26. The summed E-state index contributed by atoms with van der Waals surface area (Å²) < 4.78 is 11.5. The maximum atomic E-state index is 5.87. The first-order valence-electron chi connectivity index (χ1n) is 6.84. The molecular formula is C15H23NO2S. The van der Waals surface area contributed by atoms with E-state index in [-0.39, 0.29) is 18.2 Å². The van der Waals surface area contributed by atoms with Gasteiger partial charge >= 0.3 is 0 Å². The Hall–Kier alpha value is -0.710. The Balaban J connectivity index is 2.05. The Morgan fingerprint density at radius 3 is 2.58 bits per heavy atom. The smallest absolute Gasteiger partial charge is 0.119 e. The zero-order chi connectivity index (χ0) is 13.7. The summed E-state index contributed by atoms with van der Waals surface area (Å²) in [6.07, 6.45) is 0.463. The number of thioether (sulfide) groups is 1. The van der Waals surface area contributed by atoms with Crippen LogP contribution in [0.4, 0.5) is 0 Å². The average Bonchev–Trinajstić information content (AvgIpc) is 2.42. The summed E-state index contributed by atoms with van der Waals surface area (Å²) in [5.74, 6) is 3.08. The van der Waals surface area contributed by atoms with E-state index in [9.17, 15) is 0 Å². The topological polar surface area (TPSA) is 30.5 Å². The van der Waals surface area contributed by atoms with Gasteiger partial charge in [0.15, 0.2) is 0 Å². The van der Waals surface area contributed by atoms with Crippen LogP contribution in [0, 0.1) is 0 Å². The molecule has 0 aromatic heterocycles. The first kappa shape index (κ1) is 14.7. The van der Waals surface area contributed by atoms with Crippen LogP contribution in [0.3, 0.4) is 0 Å². The van der Waals surface area contributed by atoms with Gasteiger partial charge < -0.3 is 14.8 Å². The second kappa shape index (κ2) is 7.17. The summed E-state index contributed by atoms with van der Waals surface area (Å²) in [6.45, 7) is 4.93. The highest BCUT2D eigenvalue weighted by molar-refractivity contribution is 7.99. The summed E-state index contributed by atoms with van der Waals surface area (Å²) in [7, 11) is 1.99. The lowest BCUT2D eigenvalue weighted by Gasteiger charge is -2.30. The highest BCUT2D eigenvalue weighted by Gasteiger charge is 2.24. The Bertz CT molecular complexity index is 374. The van der Waals surface area contributed by atoms with E-state index in [0.717, 1.165) is 23.9 Å². The molecule has 0 aliphatic carbocycles. The maximum absolute atomic E-state index is 5.87. The minimum Gasteiger partial charge on any atom is -0.491 e. The zero-order valence-corrected chi connectivity index (χ0v) is 12.7. The molecule has 0 saturated carbocycles. The number of ether oxygens (including phenoxy) is 2. The van der Waals surface area contributed by atoms with Crippen molar-refractivity contribution in [3.05, 3.63) is 29.8 Å². The van der Waals surface area contributed by atoms with E-state index in [1.165, 1.54) is 5.56 Å². The van der Waals surface area contributed by atoms with Crippen LogP contribution in [0.5, 0.6) is 5.75 Å². The van der Waals surface area contributed by atoms with Gasteiger partial charge in [-0.25, -0.2) is 0 Å². The van der Waals surface area contributed by atoms with Crippen molar-refractivity contribution in [3.8, 4) is 5.75 Å². The third kappa shape index (κ3) is 4.13. The van der Waals surface area contributed by atoms with Crippen LogP contribution in [0.15, 0.2) is 24.3 Å². The van der Waals surface area contributed by atoms with E-state index in [4.69, 9.17) is 9.47 Å². The number of likely N-dealkylation sites (N-methyl/N-ethyl adjacent to an activating group) is 1. The Morgan fingerprint density at radius 2 is 2.05 bits per heavy atom. The molecule has 106 valence electrons. The molecule has 1 saturated heterocycles. The monoisotopic (exact) mass is 281 g/mol. The van der Waals surface area contributed by atoms with Crippen molar-refractivity contribution in [1.29, 1.82) is 0 Å². The lowest BCUT2D eigenvalue weighted by molar-refractivity contribution is 0.0488. The Kier molecular flexibility index (Phi) is 5.55. The van der Waals surface area contributed by atoms with Crippen molar-refractivity contribution in [1.82, 2.24) is 5.32 Å². The minimum atomic E-state index is 0.212. The van der Waals surface area contributed by atoms with Crippen LogP contribution in [0.1, 0.15) is 25.5 Å². The fraction of sp³-hybridized carbons (Fsp3) is 0.600.